The lowest BCUT2D eigenvalue weighted by Crippen LogP contribution is -2.31. The molecular formula is C21H36NOS+. The standard InChI is InChI=1S/C21H36NOS/c1-3-5-6-7-8-9-10-11-12-19-17-23-21(24-18-19)20-13-15-22(4-2)16-14-20/h13-16,19,21H,3-12,17-18H2,1-2H3/q+1. The zero-order chi connectivity index (χ0) is 17.0. The normalized spacial score (nSPS) is 21.1. The fourth-order valence-electron chi connectivity index (χ4n) is 3.31. The van der Waals surface area contributed by atoms with E-state index in [9.17, 15) is 0 Å². The first-order valence-electron chi connectivity index (χ1n) is 10.1. The smallest absolute Gasteiger partial charge is 0.169 e. The highest BCUT2D eigenvalue weighted by molar-refractivity contribution is 7.99. The predicted octanol–water partition coefficient (Wildman–Crippen LogP) is 5.90. The fraction of sp³-hybridized carbons (Fsp3) is 0.762. The van der Waals surface area contributed by atoms with Gasteiger partial charge in [-0.05, 0) is 19.3 Å². The predicted molar refractivity (Wildman–Crippen MR) is 104 cm³/mol. The molecule has 1 saturated heterocycles. The molecule has 1 aromatic heterocycles. The van der Waals surface area contributed by atoms with Crippen molar-refractivity contribution in [2.75, 3.05) is 12.4 Å². The number of nitrogens with zero attached hydrogens (tertiary/aromatic N) is 1. The molecule has 0 radical (unpaired) electrons. The van der Waals surface area contributed by atoms with E-state index in [0.29, 0.717) is 0 Å². The van der Waals surface area contributed by atoms with Gasteiger partial charge in [0.05, 0.1) is 6.61 Å². The minimum atomic E-state index is 0.242. The van der Waals surface area contributed by atoms with Crippen LogP contribution in [0.4, 0.5) is 0 Å². The summed E-state index contributed by atoms with van der Waals surface area (Å²) in [7, 11) is 0. The molecule has 2 atom stereocenters. The summed E-state index contributed by atoms with van der Waals surface area (Å²) >= 11 is 1.98. The number of hydrogen-bond acceptors (Lipinski definition) is 2. The molecule has 136 valence electrons. The molecule has 0 bridgehead atoms. The summed E-state index contributed by atoms with van der Waals surface area (Å²) in [6, 6.07) is 4.42. The largest absolute Gasteiger partial charge is 0.362 e. The van der Waals surface area contributed by atoms with E-state index in [1.165, 1.54) is 69.1 Å². The number of unbranched alkanes of at least 4 members (excludes halogenated alkanes) is 7. The van der Waals surface area contributed by atoms with Crippen LogP contribution >= 0.6 is 11.8 Å². The van der Waals surface area contributed by atoms with Crippen molar-refractivity contribution in [1.82, 2.24) is 0 Å². The topological polar surface area (TPSA) is 13.1 Å². The van der Waals surface area contributed by atoms with E-state index in [1.807, 2.05) is 11.8 Å². The van der Waals surface area contributed by atoms with Crippen molar-refractivity contribution in [3.05, 3.63) is 30.1 Å². The lowest BCUT2D eigenvalue weighted by Gasteiger charge is -2.28. The van der Waals surface area contributed by atoms with E-state index in [2.05, 4.69) is 42.9 Å². The van der Waals surface area contributed by atoms with Crippen LogP contribution in [0.25, 0.3) is 0 Å². The molecule has 0 amide bonds. The monoisotopic (exact) mass is 350 g/mol. The van der Waals surface area contributed by atoms with Crippen molar-refractivity contribution in [3.63, 3.8) is 0 Å². The number of aromatic nitrogens is 1. The molecule has 24 heavy (non-hydrogen) atoms. The summed E-state index contributed by atoms with van der Waals surface area (Å²) in [6.07, 6.45) is 17.0. The van der Waals surface area contributed by atoms with Gasteiger partial charge in [-0.25, -0.2) is 4.57 Å². The second kappa shape index (κ2) is 11.9. The summed E-state index contributed by atoms with van der Waals surface area (Å²) in [5.41, 5.74) is 1.56. The van der Waals surface area contributed by atoms with Gasteiger partial charge in [0.2, 0.25) is 0 Å². The molecule has 1 aromatic rings. The Labute approximate surface area is 153 Å². The molecule has 0 aliphatic carbocycles. The van der Waals surface area contributed by atoms with E-state index in [0.717, 1.165) is 19.1 Å². The first-order valence-corrected chi connectivity index (χ1v) is 11.1. The average molecular weight is 351 g/mol. The summed E-state index contributed by atoms with van der Waals surface area (Å²) < 4.78 is 8.32. The third-order valence-corrected chi connectivity index (χ3v) is 6.36. The zero-order valence-electron chi connectivity index (χ0n) is 15.7. The van der Waals surface area contributed by atoms with E-state index in [-0.39, 0.29) is 5.44 Å². The van der Waals surface area contributed by atoms with Crippen LogP contribution in [-0.2, 0) is 11.3 Å². The number of pyridine rings is 1. The molecule has 1 fully saturated rings. The van der Waals surface area contributed by atoms with E-state index in [4.69, 9.17) is 4.74 Å². The van der Waals surface area contributed by atoms with Crippen LogP contribution in [0.5, 0.6) is 0 Å². The van der Waals surface area contributed by atoms with E-state index < -0.39 is 0 Å². The van der Waals surface area contributed by atoms with Crippen molar-refractivity contribution in [3.8, 4) is 0 Å². The summed E-state index contributed by atoms with van der Waals surface area (Å²) in [6.45, 7) is 6.42. The van der Waals surface area contributed by atoms with Crippen LogP contribution in [-0.4, -0.2) is 12.4 Å². The zero-order valence-corrected chi connectivity index (χ0v) is 16.5. The molecule has 2 nitrogen and oxygen atoms in total. The van der Waals surface area contributed by atoms with Gasteiger partial charge in [0.1, 0.15) is 12.0 Å². The lowest BCUT2D eigenvalue weighted by atomic mass is 10.0. The highest BCUT2D eigenvalue weighted by atomic mass is 32.2. The van der Waals surface area contributed by atoms with Crippen LogP contribution in [0.3, 0.4) is 0 Å². The maximum absolute atomic E-state index is 6.13. The van der Waals surface area contributed by atoms with Crippen LogP contribution < -0.4 is 4.57 Å². The molecule has 0 N–H and O–H groups in total. The Morgan fingerprint density at radius 3 is 2.25 bits per heavy atom. The van der Waals surface area contributed by atoms with Gasteiger partial charge in [0.25, 0.3) is 0 Å². The van der Waals surface area contributed by atoms with Crippen molar-refractivity contribution in [2.24, 2.45) is 5.92 Å². The Morgan fingerprint density at radius 2 is 1.67 bits per heavy atom. The molecule has 2 heterocycles. The van der Waals surface area contributed by atoms with Gasteiger partial charge in [0.15, 0.2) is 12.4 Å². The van der Waals surface area contributed by atoms with Gasteiger partial charge >= 0.3 is 0 Å². The Kier molecular flexibility index (Phi) is 9.82. The molecule has 2 rings (SSSR count). The van der Waals surface area contributed by atoms with Gasteiger partial charge in [-0.1, -0.05) is 58.3 Å². The highest BCUT2D eigenvalue weighted by Crippen LogP contribution is 2.37. The maximum Gasteiger partial charge on any atom is 0.169 e. The summed E-state index contributed by atoms with van der Waals surface area (Å²) in [5, 5.41) is 0. The van der Waals surface area contributed by atoms with Crippen molar-refractivity contribution >= 4 is 11.8 Å². The van der Waals surface area contributed by atoms with Gasteiger partial charge < -0.3 is 4.74 Å². The minimum Gasteiger partial charge on any atom is -0.362 e. The van der Waals surface area contributed by atoms with Crippen LogP contribution in [0.1, 0.15) is 82.6 Å². The average Bonchev–Trinajstić information content (AvgIpc) is 2.64. The van der Waals surface area contributed by atoms with Crippen molar-refractivity contribution in [1.29, 1.82) is 0 Å². The molecule has 3 heteroatoms. The quantitative estimate of drug-likeness (QED) is 0.364. The maximum atomic E-state index is 6.13. The molecule has 2 unspecified atom stereocenters. The van der Waals surface area contributed by atoms with Gasteiger partial charge in [-0.15, -0.1) is 11.8 Å². The molecule has 1 aliphatic heterocycles. The number of rotatable bonds is 11. The van der Waals surface area contributed by atoms with Crippen LogP contribution in [0.15, 0.2) is 24.5 Å². The number of thioether (sulfide) groups is 1. The molecule has 1 aliphatic rings. The third-order valence-electron chi connectivity index (χ3n) is 4.99. The van der Waals surface area contributed by atoms with E-state index >= 15 is 0 Å². The number of hydrogen-bond donors (Lipinski definition) is 0. The highest BCUT2D eigenvalue weighted by Gasteiger charge is 2.23. The third kappa shape index (κ3) is 7.14. The van der Waals surface area contributed by atoms with Crippen LogP contribution in [0, 0.1) is 5.92 Å². The first-order chi connectivity index (χ1) is 11.8. The van der Waals surface area contributed by atoms with E-state index in [1.54, 1.807) is 0 Å². The van der Waals surface area contributed by atoms with Gasteiger partial charge in [-0.3, -0.25) is 0 Å². The molecular weight excluding hydrogens is 314 g/mol. The Morgan fingerprint density at radius 1 is 1.00 bits per heavy atom. The molecule has 0 saturated carbocycles. The van der Waals surface area contributed by atoms with Crippen LogP contribution in [0.2, 0.25) is 0 Å². The second-order valence-electron chi connectivity index (χ2n) is 7.09. The number of ether oxygens (including phenoxy) is 1. The van der Waals surface area contributed by atoms with Crippen molar-refractivity contribution < 1.29 is 9.30 Å². The Hall–Kier alpha value is -0.540. The molecule has 0 aromatic carbocycles. The SMILES string of the molecule is CCCCCCCCCCC1COC(c2cc[n+](CC)cc2)SC1. The van der Waals surface area contributed by atoms with Gasteiger partial charge in [0, 0.05) is 23.4 Å². The summed E-state index contributed by atoms with van der Waals surface area (Å²) in [4.78, 5) is 0. The fourth-order valence-corrected chi connectivity index (χ4v) is 4.54. The first kappa shape index (κ1) is 19.8. The minimum absolute atomic E-state index is 0.242. The summed E-state index contributed by atoms with van der Waals surface area (Å²) in [5.74, 6) is 2.01. The van der Waals surface area contributed by atoms with Crippen molar-refractivity contribution in [2.45, 2.75) is 83.6 Å². The number of aryl methyl sites for hydroxylation is 1. The second-order valence-corrected chi connectivity index (χ2v) is 8.18. The molecule has 0 spiro atoms. The Bertz CT molecular complexity index is 426. The lowest BCUT2D eigenvalue weighted by molar-refractivity contribution is -0.693. The van der Waals surface area contributed by atoms with Gasteiger partial charge in [-0.2, -0.15) is 0 Å². The Balaban J connectivity index is 1.54.